The van der Waals surface area contributed by atoms with Gasteiger partial charge in [-0.1, -0.05) is 50.1 Å². The van der Waals surface area contributed by atoms with Crippen molar-refractivity contribution in [3.8, 4) is 0 Å². The molecular weight excluding hydrogens is 359 g/mol. The molecule has 3 heteroatoms. The first kappa shape index (κ1) is 13.8. The van der Waals surface area contributed by atoms with E-state index in [2.05, 4.69) is 63.9 Å². The second-order valence-electron chi connectivity index (χ2n) is 4.41. The Hall–Kier alpha value is -0.670. The van der Waals surface area contributed by atoms with Crippen LogP contribution < -0.4 is 0 Å². The monoisotopic (exact) mass is 370 g/mol. The van der Waals surface area contributed by atoms with Gasteiger partial charge in [-0.2, -0.15) is 0 Å². The average Bonchev–Trinajstić information content (AvgIpc) is 2.30. The van der Waals surface area contributed by atoms with Crippen LogP contribution in [0.25, 0.3) is 0 Å². The number of aryl methyl sites for hydroxylation is 2. The molecule has 0 aliphatic rings. The molecule has 0 heterocycles. The topological polar surface area (TPSA) is 0 Å². The van der Waals surface area contributed by atoms with Crippen molar-refractivity contribution in [3.63, 3.8) is 0 Å². The minimum Gasteiger partial charge on any atom is -0.207 e. The third-order valence-electron chi connectivity index (χ3n) is 3.00. The predicted octanol–water partition coefficient (Wildman–Crippen LogP) is 5.69. The molecule has 0 N–H and O–H groups in total. The van der Waals surface area contributed by atoms with Gasteiger partial charge in [-0.3, -0.25) is 0 Å². The van der Waals surface area contributed by atoms with E-state index in [4.69, 9.17) is 0 Å². The molecule has 18 heavy (non-hydrogen) atoms. The third-order valence-corrected chi connectivity index (χ3v) is 4.52. The quantitative estimate of drug-likeness (QED) is 0.595. The molecule has 2 rings (SSSR count). The van der Waals surface area contributed by atoms with Gasteiger partial charge in [0, 0.05) is 4.47 Å². The van der Waals surface area contributed by atoms with E-state index in [1.54, 1.807) is 6.07 Å². The first-order valence-corrected chi connectivity index (χ1v) is 7.35. The highest BCUT2D eigenvalue weighted by molar-refractivity contribution is 9.10. The van der Waals surface area contributed by atoms with E-state index in [0.29, 0.717) is 0 Å². The minimum absolute atomic E-state index is 0.00352. The van der Waals surface area contributed by atoms with Crippen molar-refractivity contribution in [1.82, 2.24) is 0 Å². The number of benzene rings is 2. The van der Waals surface area contributed by atoms with Crippen molar-refractivity contribution in [1.29, 1.82) is 0 Å². The van der Waals surface area contributed by atoms with Crippen molar-refractivity contribution >= 4 is 31.9 Å². The lowest BCUT2D eigenvalue weighted by Crippen LogP contribution is -1.95. The molecule has 0 bridgehead atoms. The Bertz CT molecular complexity index is 558. The van der Waals surface area contributed by atoms with Gasteiger partial charge in [0.25, 0.3) is 0 Å². The fraction of sp³-hybridized carbons (Fsp3) is 0.200. The average molecular weight is 372 g/mol. The summed E-state index contributed by atoms with van der Waals surface area (Å²) >= 11 is 6.95. The first-order valence-electron chi connectivity index (χ1n) is 5.64. The van der Waals surface area contributed by atoms with Crippen LogP contribution in [0.3, 0.4) is 0 Å². The number of hydrogen-bond donors (Lipinski definition) is 0. The summed E-state index contributed by atoms with van der Waals surface area (Å²) in [5, 5.41) is 0. The summed E-state index contributed by atoms with van der Waals surface area (Å²) in [5.41, 5.74) is 4.55. The molecule has 2 aromatic rings. The van der Waals surface area contributed by atoms with Crippen LogP contribution in [0, 0.1) is 19.7 Å². The van der Waals surface area contributed by atoms with Gasteiger partial charge in [0.05, 0.1) is 4.83 Å². The van der Waals surface area contributed by atoms with E-state index < -0.39 is 0 Å². The van der Waals surface area contributed by atoms with Crippen LogP contribution in [0.4, 0.5) is 4.39 Å². The van der Waals surface area contributed by atoms with Crippen molar-refractivity contribution in [2.24, 2.45) is 0 Å². The van der Waals surface area contributed by atoms with Crippen LogP contribution in [0.1, 0.15) is 27.1 Å². The molecule has 0 aliphatic heterocycles. The summed E-state index contributed by atoms with van der Waals surface area (Å²) in [7, 11) is 0. The second kappa shape index (κ2) is 5.54. The molecule has 0 fully saturated rings. The summed E-state index contributed by atoms with van der Waals surface area (Å²) in [5.74, 6) is -0.229. The summed E-state index contributed by atoms with van der Waals surface area (Å²) in [6, 6.07) is 11.2. The first-order chi connectivity index (χ1) is 8.47. The van der Waals surface area contributed by atoms with Crippen molar-refractivity contribution in [3.05, 3.63) is 68.9 Å². The summed E-state index contributed by atoms with van der Waals surface area (Å²) in [6.45, 7) is 4.17. The summed E-state index contributed by atoms with van der Waals surface area (Å²) < 4.78 is 14.2. The number of rotatable bonds is 2. The molecule has 0 saturated carbocycles. The lowest BCUT2D eigenvalue weighted by Gasteiger charge is -2.13. The third kappa shape index (κ3) is 3.01. The van der Waals surface area contributed by atoms with Crippen LogP contribution in [0.5, 0.6) is 0 Å². The highest BCUT2D eigenvalue weighted by atomic mass is 79.9. The van der Waals surface area contributed by atoms with Crippen molar-refractivity contribution in [2.75, 3.05) is 0 Å². The Kier molecular flexibility index (Phi) is 4.23. The molecule has 1 atom stereocenters. The zero-order chi connectivity index (χ0) is 13.3. The normalized spacial score (nSPS) is 12.5. The second-order valence-corrected chi connectivity index (χ2v) is 6.24. The van der Waals surface area contributed by atoms with E-state index in [1.165, 1.54) is 17.2 Å². The molecule has 1 unspecified atom stereocenters. The van der Waals surface area contributed by atoms with Crippen molar-refractivity contribution in [2.45, 2.75) is 18.7 Å². The maximum absolute atomic E-state index is 13.4. The fourth-order valence-corrected chi connectivity index (χ4v) is 2.87. The highest BCUT2D eigenvalue weighted by Gasteiger charge is 2.12. The van der Waals surface area contributed by atoms with Crippen LogP contribution in [0.2, 0.25) is 0 Å². The molecule has 94 valence electrons. The Labute approximate surface area is 123 Å². The molecule has 0 spiro atoms. The Morgan fingerprint density at radius 1 is 0.944 bits per heavy atom. The standard InChI is InChI=1S/C15H13Br2F/c1-9-3-4-11(5-10(9)2)15(17)12-6-13(16)8-14(18)7-12/h3-8,15H,1-2H3. The lowest BCUT2D eigenvalue weighted by molar-refractivity contribution is 0.625. The molecule has 0 radical (unpaired) electrons. The van der Waals surface area contributed by atoms with Gasteiger partial charge in [0.2, 0.25) is 0 Å². The maximum atomic E-state index is 13.4. The molecular formula is C15H13Br2F. The maximum Gasteiger partial charge on any atom is 0.124 e. The Balaban J connectivity index is 2.40. The Morgan fingerprint density at radius 3 is 2.28 bits per heavy atom. The van der Waals surface area contributed by atoms with Gasteiger partial charge >= 0.3 is 0 Å². The molecule has 2 aromatic carbocycles. The largest absolute Gasteiger partial charge is 0.207 e. The van der Waals surface area contributed by atoms with E-state index in [1.807, 2.05) is 6.07 Å². The zero-order valence-electron chi connectivity index (χ0n) is 10.2. The van der Waals surface area contributed by atoms with E-state index in [0.717, 1.165) is 15.6 Å². The number of alkyl halides is 1. The minimum atomic E-state index is -0.229. The molecule has 0 amide bonds. The highest BCUT2D eigenvalue weighted by Crippen LogP contribution is 2.33. The Morgan fingerprint density at radius 2 is 1.67 bits per heavy atom. The number of hydrogen-bond acceptors (Lipinski definition) is 0. The van der Waals surface area contributed by atoms with E-state index in [-0.39, 0.29) is 10.6 Å². The van der Waals surface area contributed by atoms with Crippen LogP contribution >= 0.6 is 31.9 Å². The fourth-order valence-electron chi connectivity index (χ4n) is 1.84. The van der Waals surface area contributed by atoms with Crippen LogP contribution in [-0.2, 0) is 0 Å². The van der Waals surface area contributed by atoms with Crippen LogP contribution in [-0.4, -0.2) is 0 Å². The van der Waals surface area contributed by atoms with Gasteiger partial charge in [-0.05, 0) is 54.3 Å². The van der Waals surface area contributed by atoms with Gasteiger partial charge < -0.3 is 0 Å². The van der Waals surface area contributed by atoms with Gasteiger partial charge in [-0.15, -0.1) is 0 Å². The van der Waals surface area contributed by atoms with Gasteiger partial charge in [0.15, 0.2) is 0 Å². The van der Waals surface area contributed by atoms with E-state index >= 15 is 0 Å². The molecule has 0 aliphatic carbocycles. The van der Waals surface area contributed by atoms with E-state index in [9.17, 15) is 4.39 Å². The van der Waals surface area contributed by atoms with Gasteiger partial charge in [-0.25, -0.2) is 4.39 Å². The summed E-state index contributed by atoms with van der Waals surface area (Å²) in [4.78, 5) is 0.00352. The zero-order valence-corrected chi connectivity index (χ0v) is 13.3. The molecule has 0 aromatic heterocycles. The SMILES string of the molecule is Cc1ccc(C(Br)c2cc(F)cc(Br)c2)cc1C. The van der Waals surface area contributed by atoms with Gasteiger partial charge in [0.1, 0.15) is 5.82 Å². The number of halogens is 3. The lowest BCUT2D eigenvalue weighted by atomic mass is 10.0. The molecule has 0 saturated heterocycles. The summed E-state index contributed by atoms with van der Waals surface area (Å²) in [6.07, 6.45) is 0. The smallest absolute Gasteiger partial charge is 0.124 e. The van der Waals surface area contributed by atoms with Crippen molar-refractivity contribution < 1.29 is 4.39 Å². The molecule has 0 nitrogen and oxygen atoms in total. The van der Waals surface area contributed by atoms with Crippen LogP contribution in [0.15, 0.2) is 40.9 Å². The predicted molar refractivity (Wildman–Crippen MR) is 80.8 cm³/mol.